The van der Waals surface area contributed by atoms with Gasteiger partial charge in [-0.2, -0.15) is 0 Å². The van der Waals surface area contributed by atoms with Gasteiger partial charge < -0.3 is 14.2 Å². The molecule has 0 N–H and O–H groups in total. The highest BCUT2D eigenvalue weighted by molar-refractivity contribution is 5.84. The first kappa shape index (κ1) is 22.6. The Bertz CT molecular complexity index is 524. The normalized spacial score (nSPS) is 33.0. The van der Waals surface area contributed by atoms with Gasteiger partial charge in [0.15, 0.2) is 0 Å². The lowest BCUT2D eigenvalue weighted by Crippen LogP contribution is -2.43. The molecular formula is C24H40O5. The summed E-state index contributed by atoms with van der Waals surface area (Å²) in [6, 6.07) is 0. The summed E-state index contributed by atoms with van der Waals surface area (Å²) in [6.07, 6.45) is 10.6. The molecular weight excluding hydrogens is 368 g/mol. The van der Waals surface area contributed by atoms with Crippen LogP contribution < -0.4 is 0 Å². The summed E-state index contributed by atoms with van der Waals surface area (Å²) in [4.78, 5) is 26.8. The second-order valence-corrected chi connectivity index (χ2v) is 9.41. The first-order valence-corrected chi connectivity index (χ1v) is 12.0. The van der Waals surface area contributed by atoms with Crippen molar-refractivity contribution >= 4 is 11.9 Å². The van der Waals surface area contributed by atoms with Crippen molar-refractivity contribution in [3.8, 4) is 0 Å². The number of esters is 2. The van der Waals surface area contributed by atoms with Crippen LogP contribution in [0.4, 0.5) is 0 Å². The average Bonchev–Trinajstić information content (AvgIpc) is 3.46. The van der Waals surface area contributed by atoms with Crippen molar-refractivity contribution in [3.63, 3.8) is 0 Å². The first-order chi connectivity index (χ1) is 13.9. The molecule has 5 heteroatoms. The Morgan fingerprint density at radius 3 is 1.34 bits per heavy atom. The number of ether oxygens (including phenoxy) is 3. The minimum Gasteiger partial charge on any atom is -0.459 e. The third kappa shape index (κ3) is 4.50. The Kier molecular flexibility index (Phi) is 7.29. The fourth-order valence-corrected chi connectivity index (χ4v) is 5.81. The van der Waals surface area contributed by atoms with Gasteiger partial charge in [-0.15, -0.1) is 0 Å². The lowest BCUT2D eigenvalue weighted by Gasteiger charge is -2.33. The predicted molar refractivity (Wildman–Crippen MR) is 111 cm³/mol. The molecule has 2 saturated carbocycles. The third-order valence-corrected chi connectivity index (χ3v) is 7.84. The van der Waals surface area contributed by atoms with E-state index in [2.05, 4.69) is 13.8 Å². The molecule has 3 rings (SSSR count). The number of hydrogen-bond acceptors (Lipinski definition) is 5. The van der Waals surface area contributed by atoms with Crippen LogP contribution in [0.25, 0.3) is 0 Å². The fourth-order valence-electron chi connectivity index (χ4n) is 5.81. The zero-order chi connectivity index (χ0) is 21.1. The van der Waals surface area contributed by atoms with E-state index in [1.165, 1.54) is 0 Å². The number of carbonyl (C=O) groups is 2. The quantitative estimate of drug-likeness (QED) is 0.507. The molecule has 3 aliphatic rings. The molecule has 2 aliphatic carbocycles. The van der Waals surface area contributed by atoms with E-state index in [9.17, 15) is 9.59 Å². The molecule has 0 aromatic carbocycles. The van der Waals surface area contributed by atoms with Crippen molar-refractivity contribution in [3.05, 3.63) is 0 Å². The number of carbonyl (C=O) groups excluding carboxylic acids is 2. The van der Waals surface area contributed by atoms with E-state index in [1.54, 1.807) is 0 Å². The molecule has 0 spiro atoms. The van der Waals surface area contributed by atoms with Gasteiger partial charge in [0.25, 0.3) is 0 Å². The molecule has 1 aliphatic heterocycles. The van der Waals surface area contributed by atoms with Crippen LogP contribution in [-0.4, -0.2) is 35.3 Å². The molecule has 4 atom stereocenters. The summed E-state index contributed by atoms with van der Waals surface area (Å²) >= 11 is 0. The summed E-state index contributed by atoms with van der Waals surface area (Å²) in [5.41, 5.74) is -0.714. The molecule has 166 valence electrons. The third-order valence-electron chi connectivity index (χ3n) is 7.84. The van der Waals surface area contributed by atoms with E-state index in [1.807, 2.05) is 13.8 Å². The molecule has 3 fully saturated rings. The molecule has 29 heavy (non-hydrogen) atoms. The van der Waals surface area contributed by atoms with Crippen LogP contribution in [0.5, 0.6) is 0 Å². The van der Waals surface area contributed by atoms with E-state index >= 15 is 0 Å². The monoisotopic (exact) mass is 408 g/mol. The zero-order valence-corrected chi connectivity index (χ0v) is 18.8. The highest BCUT2D eigenvalue weighted by atomic mass is 16.6. The van der Waals surface area contributed by atoms with Crippen molar-refractivity contribution < 1.29 is 23.8 Å². The lowest BCUT2D eigenvalue weighted by molar-refractivity contribution is -0.177. The molecule has 4 unspecified atom stereocenters. The second-order valence-electron chi connectivity index (χ2n) is 9.41. The van der Waals surface area contributed by atoms with Crippen LogP contribution in [0.3, 0.4) is 0 Å². The molecule has 0 amide bonds. The maximum Gasteiger partial charge on any atom is 0.313 e. The second kappa shape index (κ2) is 9.36. The molecule has 1 heterocycles. The maximum atomic E-state index is 13.4. The highest BCUT2D eigenvalue weighted by Gasteiger charge is 2.54. The SMILES string of the molecule is CCC1OC(CC)C(C(=O)OC2(CC)CCCC2)C1C(=O)OC1(CC)CCCC1. The van der Waals surface area contributed by atoms with Gasteiger partial charge in [-0.05, 0) is 77.0 Å². The zero-order valence-electron chi connectivity index (χ0n) is 18.8. The van der Waals surface area contributed by atoms with Gasteiger partial charge in [0.1, 0.15) is 11.2 Å². The Morgan fingerprint density at radius 1 is 0.724 bits per heavy atom. The Hall–Kier alpha value is -1.10. The molecule has 0 aromatic heterocycles. The fraction of sp³-hybridized carbons (Fsp3) is 0.917. The van der Waals surface area contributed by atoms with Crippen LogP contribution in [0.15, 0.2) is 0 Å². The van der Waals surface area contributed by atoms with Gasteiger partial charge >= 0.3 is 11.9 Å². The van der Waals surface area contributed by atoms with Crippen LogP contribution >= 0.6 is 0 Å². The molecule has 0 radical (unpaired) electrons. The van der Waals surface area contributed by atoms with Crippen LogP contribution in [0.1, 0.15) is 105 Å². The molecule has 5 nitrogen and oxygen atoms in total. The van der Waals surface area contributed by atoms with Crippen molar-refractivity contribution in [2.75, 3.05) is 0 Å². The maximum absolute atomic E-state index is 13.4. The van der Waals surface area contributed by atoms with Crippen molar-refractivity contribution in [1.29, 1.82) is 0 Å². The molecule has 0 aromatic rings. The Balaban J connectivity index is 1.81. The van der Waals surface area contributed by atoms with Gasteiger partial charge in [-0.25, -0.2) is 0 Å². The summed E-state index contributed by atoms with van der Waals surface area (Å²) in [7, 11) is 0. The van der Waals surface area contributed by atoms with Crippen molar-refractivity contribution in [1.82, 2.24) is 0 Å². The van der Waals surface area contributed by atoms with E-state index in [0.717, 1.165) is 64.2 Å². The molecule has 0 bridgehead atoms. The van der Waals surface area contributed by atoms with E-state index in [4.69, 9.17) is 14.2 Å². The molecule has 1 saturated heterocycles. The van der Waals surface area contributed by atoms with Gasteiger partial charge in [0.2, 0.25) is 0 Å². The van der Waals surface area contributed by atoms with Crippen LogP contribution in [0, 0.1) is 11.8 Å². The van der Waals surface area contributed by atoms with Crippen LogP contribution in [0.2, 0.25) is 0 Å². The van der Waals surface area contributed by atoms with Crippen molar-refractivity contribution in [2.45, 2.75) is 128 Å². The van der Waals surface area contributed by atoms with Crippen LogP contribution in [-0.2, 0) is 23.8 Å². The van der Waals surface area contributed by atoms with E-state index in [0.29, 0.717) is 12.8 Å². The number of hydrogen-bond donors (Lipinski definition) is 0. The Labute approximate surface area is 176 Å². The summed E-state index contributed by atoms with van der Waals surface area (Å²) in [5, 5.41) is 0. The van der Waals surface area contributed by atoms with Gasteiger partial charge in [0, 0.05) is 0 Å². The smallest absolute Gasteiger partial charge is 0.313 e. The van der Waals surface area contributed by atoms with Crippen molar-refractivity contribution in [2.24, 2.45) is 11.8 Å². The largest absolute Gasteiger partial charge is 0.459 e. The van der Waals surface area contributed by atoms with Gasteiger partial charge in [-0.1, -0.05) is 27.7 Å². The minimum atomic E-state index is -0.559. The summed E-state index contributed by atoms with van der Waals surface area (Å²) in [5.74, 6) is -1.63. The summed E-state index contributed by atoms with van der Waals surface area (Å²) < 4.78 is 18.5. The first-order valence-electron chi connectivity index (χ1n) is 12.0. The summed E-state index contributed by atoms with van der Waals surface area (Å²) in [6.45, 7) is 8.21. The lowest BCUT2D eigenvalue weighted by atomic mass is 9.84. The average molecular weight is 409 g/mol. The predicted octanol–water partition coefficient (Wildman–Crippen LogP) is 5.34. The van der Waals surface area contributed by atoms with E-state index < -0.39 is 11.8 Å². The topological polar surface area (TPSA) is 61.8 Å². The minimum absolute atomic E-state index is 0.254. The van der Waals surface area contributed by atoms with E-state index in [-0.39, 0.29) is 35.3 Å². The van der Waals surface area contributed by atoms with Gasteiger partial charge in [-0.3, -0.25) is 9.59 Å². The standard InChI is InChI=1S/C24H40O5/c1-5-17-19(21(25)28-23(7-3)13-9-10-14-23)20(18(6-2)27-17)22(26)29-24(8-4)15-11-12-16-24/h17-20H,5-16H2,1-4H3. The highest BCUT2D eigenvalue weighted by Crippen LogP contribution is 2.44. The Morgan fingerprint density at radius 2 is 1.07 bits per heavy atom. The number of rotatable bonds is 8. The van der Waals surface area contributed by atoms with Gasteiger partial charge in [0.05, 0.1) is 24.0 Å².